The van der Waals surface area contributed by atoms with Crippen LogP contribution in [-0.4, -0.2) is 35.6 Å². The van der Waals surface area contributed by atoms with E-state index in [9.17, 15) is 4.79 Å². The summed E-state index contributed by atoms with van der Waals surface area (Å²) in [5.41, 5.74) is 5.73. The van der Waals surface area contributed by atoms with Crippen LogP contribution in [0.4, 0.5) is 5.82 Å². The molecule has 0 saturated carbocycles. The summed E-state index contributed by atoms with van der Waals surface area (Å²) in [6, 6.07) is 0. The fourth-order valence-corrected chi connectivity index (χ4v) is 1.77. The third kappa shape index (κ3) is 3.39. The van der Waals surface area contributed by atoms with Crippen LogP contribution < -0.4 is 11.1 Å². The van der Waals surface area contributed by atoms with E-state index in [4.69, 9.17) is 10.5 Å². The van der Waals surface area contributed by atoms with Crippen molar-refractivity contribution >= 4 is 11.7 Å². The minimum Gasteiger partial charge on any atom is -0.382 e. The van der Waals surface area contributed by atoms with Crippen LogP contribution in [0.2, 0.25) is 0 Å². The number of nitrogens with two attached hydrogens (primary N) is 1. The van der Waals surface area contributed by atoms with Crippen LogP contribution in [0.3, 0.4) is 0 Å². The maximum atomic E-state index is 11.7. The monoisotopic (exact) mass is 236 g/mol. The van der Waals surface area contributed by atoms with E-state index in [1.165, 1.54) is 12.4 Å². The Hall–Kier alpha value is -1.69. The van der Waals surface area contributed by atoms with E-state index in [1.54, 1.807) is 0 Å². The number of carbonyl (C=O) groups excluding carboxylic acids is 1. The van der Waals surface area contributed by atoms with Gasteiger partial charge in [0.1, 0.15) is 11.5 Å². The highest BCUT2D eigenvalue weighted by atomic mass is 16.5. The minimum atomic E-state index is -0.226. The molecule has 2 rings (SSSR count). The average molecular weight is 236 g/mol. The fourth-order valence-electron chi connectivity index (χ4n) is 1.77. The summed E-state index contributed by atoms with van der Waals surface area (Å²) in [5.74, 6) is 0.515. The number of anilines is 1. The van der Waals surface area contributed by atoms with Crippen LogP contribution in [-0.2, 0) is 4.74 Å². The molecular formula is C11H16N4O2. The van der Waals surface area contributed by atoms with Crippen molar-refractivity contribution in [2.24, 2.45) is 5.92 Å². The van der Waals surface area contributed by atoms with Gasteiger partial charge in [0.15, 0.2) is 0 Å². The number of hydrogen-bond acceptors (Lipinski definition) is 5. The summed E-state index contributed by atoms with van der Waals surface area (Å²) < 4.78 is 5.26. The first kappa shape index (κ1) is 11.8. The molecule has 6 heteroatoms. The number of hydrogen-bond donors (Lipinski definition) is 2. The van der Waals surface area contributed by atoms with Gasteiger partial charge in [-0.25, -0.2) is 4.98 Å². The smallest absolute Gasteiger partial charge is 0.271 e. The first-order valence-electron chi connectivity index (χ1n) is 5.69. The highest BCUT2D eigenvalue weighted by molar-refractivity contribution is 5.92. The second-order valence-electron chi connectivity index (χ2n) is 4.09. The highest BCUT2D eigenvalue weighted by Gasteiger charge is 2.15. The Bertz CT molecular complexity index is 391. The van der Waals surface area contributed by atoms with Crippen molar-refractivity contribution in [1.82, 2.24) is 15.3 Å². The summed E-state index contributed by atoms with van der Waals surface area (Å²) in [5, 5.41) is 2.84. The van der Waals surface area contributed by atoms with Gasteiger partial charge in [-0.15, -0.1) is 0 Å². The number of nitrogens with one attached hydrogen (secondary N) is 1. The van der Waals surface area contributed by atoms with Gasteiger partial charge in [-0.05, 0) is 18.8 Å². The Morgan fingerprint density at radius 1 is 1.47 bits per heavy atom. The molecule has 0 radical (unpaired) electrons. The number of nitrogens with zero attached hydrogens (tertiary/aromatic N) is 2. The van der Waals surface area contributed by atoms with Crippen LogP contribution in [0, 0.1) is 5.92 Å². The standard InChI is InChI=1S/C11H16N4O2/c12-10-7-13-6-9(15-10)11(16)14-5-8-1-3-17-4-2-8/h6-8H,1-5H2,(H2,12,15)(H,14,16). The number of amides is 1. The Morgan fingerprint density at radius 3 is 2.94 bits per heavy atom. The van der Waals surface area contributed by atoms with Gasteiger partial charge in [0, 0.05) is 19.8 Å². The summed E-state index contributed by atoms with van der Waals surface area (Å²) in [6.07, 6.45) is 4.80. The van der Waals surface area contributed by atoms with Crippen LogP contribution in [0.15, 0.2) is 12.4 Å². The Labute approximate surface area is 99.6 Å². The van der Waals surface area contributed by atoms with E-state index in [2.05, 4.69) is 15.3 Å². The van der Waals surface area contributed by atoms with Crippen molar-refractivity contribution in [3.05, 3.63) is 18.1 Å². The molecule has 0 unspecified atom stereocenters. The lowest BCUT2D eigenvalue weighted by molar-refractivity contribution is 0.0642. The lowest BCUT2D eigenvalue weighted by atomic mass is 10.0. The number of carbonyl (C=O) groups is 1. The van der Waals surface area contributed by atoms with Gasteiger partial charge >= 0.3 is 0 Å². The normalized spacial score (nSPS) is 16.7. The Balaban J connectivity index is 1.84. The molecule has 0 aliphatic carbocycles. The molecule has 92 valence electrons. The lowest BCUT2D eigenvalue weighted by Crippen LogP contribution is -2.32. The third-order valence-electron chi connectivity index (χ3n) is 2.78. The zero-order chi connectivity index (χ0) is 12.1. The molecule has 1 fully saturated rings. The van der Waals surface area contributed by atoms with Crippen molar-refractivity contribution in [2.75, 3.05) is 25.5 Å². The zero-order valence-electron chi connectivity index (χ0n) is 9.56. The molecule has 2 heterocycles. The second kappa shape index (κ2) is 5.58. The van der Waals surface area contributed by atoms with Gasteiger partial charge in [0.25, 0.3) is 5.91 Å². The second-order valence-corrected chi connectivity index (χ2v) is 4.09. The van der Waals surface area contributed by atoms with E-state index in [1.807, 2.05) is 0 Å². The molecule has 0 bridgehead atoms. The van der Waals surface area contributed by atoms with Gasteiger partial charge in [0.05, 0.1) is 12.4 Å². The summed E-state index contributed by atoms with van der Waals surface area (Å²) in [7, 11) is 0. The van der Waals surface area contributed by atoms with Gasteiger partial charge < -0.3 is 15.8 Å². The quantitative estimate of drug-likeness (QED) is 0.783. The van der Waals surface area contributed by atoms with Gasteiger partial charge in [-0.3, -0.25) is 9.78 Å². The van der Waals surface area contributed by atoms with Crippen molar-refractivity contribution in [3.63, 3.8) is 0 Å². The van der Waals surface area contributed by atoms with Crippen LogP contribution in [0.5, 0.6) is 0 Å². The number of aromatic nitrogens is 2. The van der Waals surface area contributed by atoms with E-state index in [-0.39, 0.29) is 17.4 Å². The molecule has 1 aliphatic rings. The van der Waals surface area contributed by atoms with Gasteiger partial charge in [0.2, 0.25) is 0 Å². The lowest BCUT2D eigenvalue weighted by Gasteiger charge is -2.21. The number of nitrogen functional groups attached to an aromatic ring is 1. The van der Waals surface area contributed by atoms with Crippen LogP contribution in [0.25, 0.3) is 0 Å². The average Bonchev–Trinajstić information content (AvgIpc) is 2.37. The minimum absolute atomic E-state index is 0.226. The van der Waals surface area contributed by atoms with E-state index in [0.717, 1.165) is 26.1 Å². The molecule has 3 N–H and O–H groups in total. The van der Waals surface area contributed by atoms with Crippen molar-refractivity contribution in [1.29, 1.82) is 0 Å². The summed E-state index contributed by atoms with van der Waals surface area (Å²) in [4.78, 5) is 19.5. The first-order valence-corrected chi connectivity index (χ1v) is 5.69. The molecule has 0 spiro atoms. The van der Waals surface area contributed by atoms with E-state index >= 15 is 0 Å². The maximum Gasteiger partial charge on any atom is 0.271 e. The van der Waals surface area contributed by atoms with Crippen molar-refractivity contribution < 1.29 is 9.53 Å². The molecule has 6 nitrogen and oxygen atoms in total. The first-order chi connectivity index (χ1) is 8.25. The topological polar surface area (TPSA) is 90.1 Å². The Kier molecular flexibility index (Phi) is 3.87. The third-order valence-corrected chi connectivity index (χ3v) is 2.78. The molecule has 0 atom stereocenters. The summed E-state index contributed by atoms with van der Waals surface area (Å²) >= 11 is 0. The predicted octanol–water partition coefficient (Wildman–Crippen LogP) is 0.215. The van der Waals surface area contributed by atoms with Gasteiger partial charge in [-0.1, -0.05) is 0 Å². The predicted molar refractivity (Wildman–Crippen MR) is 62.3 cm³/mol. The van der Waals surface area contributed by atoms with Gasteiger partial charge in [-0.2, -0.15) is 0 Å². The van der Waals surface area contributed by atoms with Crippen LogP contribution in [0.1, 0.15) is 23.3 Å². The highest BCUT2D eigenvalue weighted by Crippen LogP contribution is 2.13. The molecule has 1 aromatic rings. The van der Waals surface area contributed by atoms with Crippen molar-refractivity contribution in [3.8, 4) is 0 Å². The Morgan fingerprint density at radius 2 is 2.24 bits per heavy atom. The fraction of sp³-hybridized carbons (Fsp3) is 0.545. The number of rotatable bonds is 3. The zero-order valence-corrected chi connectivity index (χ0v) is 9.56. The maximum absolute atomic E-state index is 11.7. The molecule has 1 saturated heterocycles. The van der Waals surface area contributed by atoms with E-state index in [0.29, 0.717) is 12.5 Å². The largest absolute Gasteiger partial charge is 0.382 e. The van der Waals surface area contributed by atoms with Crippen molar-refractivity contribution in [2.45, 2.75) is 12.8 Å². The molecule has 0 aromatic carbocycles. The molecule has 1 amide bonds. The molecular weight excluding hydrogens is 220 g/mol. The summed E-state index contributed by atoms with van der Waals surface area (Å²) in [6.45, 7) is 2.20. The molecule has 1 aromatic heterocycles. The van der Waals surface area contributed by atoms with E-state index < -0.39 is 0 Å². The van der Waals surface area contributed by atoms with Crippen LogP contribution >= 0.6 is 0 Å². The number of ether oxygens (including phenoxy) is 1. The molecule has 1 aliphatic heterocycles. The SMILES string of the molecule is Nc1cncc(C(=O)NCC2CCOCC2)n1. The molecule has 17 heavy (non-hydrogen) atoms.